The number of carbonyl (C=O) groups excluding carboxylic acids is 1. The van der Waals surface area contributed by atoms with Gasteiger partial charge in [0, 0.05) is 11.3 Å². The molecule has 0 saturated heterocycles. The van der Waals surface area contributed by atoms with Crippen molar-refractivity contribution in [2.75, 3.05) is 20.2 Å². The van der Waals surface area contributed by atoms with E-state index in [2.05, 4.69) is 52.1 Å². The lowest BCUT2D eigenvalue weighted by atomic mass is 9.93. The largest absolute Gasteiger partial charge is 0.493 e. The number of benzene rings is 1. The molecule has 2 aromatic rings. The smallest absolute Gasteiger partial charge is 0.173 e. The average molecular weight is 426 g/mol. The first kappa shape index (κ1) is 21.6. The summed E-state index contributed by atoms with van der Waals surface area (Å²) in [6, 6.07) is 4.38. The molecule has 1 aromatic heterocycles. The first-order chi connectivity index (χ1) is 14.3. The molecule has 2 aliphatic carbocycles. The lowest BCUT2D eigenvalue weighted by Gasteiger charge is -2.14. The van der Waals surface area contributed by atoms with Crippen LogP contribution in [0.5, 0.6) is 5.75 Å². The Labute approximate surface area is 185 Å². The fourth-order valence-corrected chi connectivity index (χ4v) is 6.76. The summed E-state index contributed by atoms with van der Waals surface area (Å²) in [5.41, 5.74) is 6.90. The second kappa shape index (κ2) is 8.12. The van der Waals surface area contributed by atoms with E-state index in [4.69, 9.17) is 4.74 Å². The van der Waals surface area contributed by atoms with Crippen molar-refractivity contribution in [3.63, 3.8) is 0 Å². The summed E-state index contributed by atoms with van der Waals surface area (Å²) in [6.07, 6.45) is 3.49. The topological polar surface area (TPSA) is 38.3 Å². The summed E-state index contributed by atoms with van der Waals surface area (Å²) in [5, 5.41) is 3.15. The number of ketones is 1. The fraction of sp³-hybridized carbons (Fsp3) is 0.577. The molecule has 1 aromatic carbocycles. The Bertz CT molecular complexity index is 949. The molecular formula is C26H35NO2S. The van der Waals surface area contributed by atoms with Crippen LogP contribution in [0.3, 0.4) is 0 Å². The summed E-state index contributed by atoms with van der Waals surface area (Å²) in [7, 11) is 1.96. The third-order valence-corrected chi connectivity index (χ3v) is 8.46. The number of nitrogens with one attached hydrogen (secondary N) is 1. The van der Waals surface area contributed by atoms with Gasteiger partial charge in [0.05, 0.1) is 11.5 Å². The zero-order valence-corrected chi connectivity index (χ0v) is 20.1. The molecule has 0 aliphatic heterocycles. The second-order valence-electron chi connectivity index (χ2n) is 9.78. The number of Topliss-reactive ketones (excluding diaryl/α,β-unsaturated/α-hetero) is 1. The maximum absolute atomic E-state index is 13.1. The van der Waals surface area contributed by atoms with Crippen molar-refractivity contribution in [3.05, 3.63) is 49.7 Å². The third-order valence-electron chi connectivity index (χ3n) is 7.25. The summed E-state index contributed by atoms with van der Waals surface area (Å²) in [5.74, 6) is 2.77. The number of aryl methyl sites for hydroxylation is 4. The number of hydrogen-bond donors (Lipinski definition) is 1. The van der Waals surface area contributed by atoms with Crippen molar-refractivity contribution in [1.82, 2.24) is 5.32 Å². The van der Waals surface area contributed by atoms with Gasteiger partial charge in [0.25, 0.3) is 0 Å². The number of carbonyl (C=O) groups is 1. The van der Waals surface area contributed by atoms with Crippen LogP contribution in [0.4, 0.5) is 0 Å². The van der Waals surface area contributed by atoms with Gasteiger partial charge in [-0.2, -0.15) is 0 Å². The van der Waals surface area contributed by atoms with Gasteiger partial charge in [-0.3, -0.25) is 4.79 Å². The molecule has 162 valence electrons. The molecule has 4 heteroatoms. The number of ether oxygens (including phenoxy) is 1. The molecule has 1 heterocycles. The van der Waals surface area contributed by atoms with Gasteiger partial charge in [-0.05, 0) is 98.7 Å². The molecule has 1 N–H and O–H groups in total. The van der Waals surface area contributed by atoms with Gasteiger partial charge in [-0.1, -0.05) is 26.0 Å². The van der Waals surface area contributed by atoms with Gasteiger partial charge >= 0.3 is 0 Å². The van der Waals surface area contributed by atoms with Crippen molar-refractivity contribution in [3.8, 4) is 5.75 Å². The van der Waals surface area contributed by atoms with Crippen LogP contribution in [0.15, 0.2) is 12.1 Å². The van der Waals surface area contributed by atoms with E-state index in [0.717, 1.165) is 60.1 Å². The molecule has 30 heavy (non-hydrogen) atoms. The molecule has 2 atom stereocenters. The van der Waals surface area contributed by atoms with Crippen molar-refractivity contribution >= 4 is 17.1 Å². The van der Waals surface area contributed by atoms with E-state index in [0.29, 0.717) is 23.5 Å². The maximum atomic E-state index is 13.1. The van der Waals surface area contributed by atoms with Gasteiger partial charge in [-0.25, -0.2) is 0 Å². The molecule has 0 spiro atoms. The number of fused-ring (bicyclic) bond motifs is 3. The highest BCUT2D eigenvalue weighted by Gasteiger charge is 2.63. The van der Waals surface area contributed by atoms with Crippen molar-refractivity contribution in [1.29, 1.82) is 0 Å². The van der Waals surface area contributed by atoms with Gasteiger partial charge in [0.15, 0.2) is 5.78 Å². The SMILES string of the molecule is CNCCCOc1c(C)cc(CCC(=O)c2sc(C)c3c2C[C@@H]2[C@H]3C2(C)C)cc1C. The van der Waals surface area contributed by atoms with Gasteiger partial charge in [0.1, 0.15) is 5.75 Å². The van der Waals surface area contributed by atoms with E-state index >= 15 is 0 Å². The average Bonchev–Trinajstić information content (AvgIpc) is 3.02. The van der Waals surface area contributed by atoms with E-state index in [-0.39, 0.29) is 0 Å². The molecule has 4 rings (SSSR count). The molecule has 2 aliphatic rings. The van der Waals surface area contributed by atoms with E-state index in [9.17, 15) is 4.79 Å². The Morgan fingerprint density at radius 2 is 1.93 bits per heavy atom. The monoisotopic (exact) mass is 425 g/mol. The van der Waals surface area contributed by atoms with Crippen LogP contribution in [0, 0.1) is 32.1 Å². The molecular weight excluding hydrogens is 390 g/mol. The van der Waals surface area contributed by atoms with Crippen molar-refractivity contribution in [2.24, 2.45) is 11.3 Å². The van der Waals surface area contributed by atoms with Gasteiger partial charge in [-0.15, -0.1) is 11.3 Å². The zero-order valence-electron chi connectivity index (χ0n) is 19.3. The van der Waals surface area contributed by atoms with Crippen LogP contribution in [0.25, 0.3) is 0 Å². The zero-order chi connectivity index (χ0) is 21.6. The first-order valence-electron chi connectivity index (χ1n) is 11.3. The highest BCUT2D eigenvalue weighted by atomic mass is 32.1. The standard InChI is InChI=1S/C26H35NO2S/c1-15-12-18(13-16(2)24(15)29-11-7-10-27-6)8-9-21(28)25-19-14-20-23(26(20,4)5)22(19)17(3)30-25/h12-13,20,23,27H,7-11,14H2,1-6H3/t20-,23-/m1/s1. The normalized spacial score (nSPS) is 20.7. The predicted molar refractivity (Wildman–Crippen MR) is 125 cm³/mol. The molecule has 1 saturated carbocycles. The minimum Gasteiger partial charge on any atom is -0.493 e. The second-order valence-corrected chi connectivity index (χ2v) is 11.0. The fourth-order valence-electron chi connectivity index (χ4n) is 5.56. The Balaban J connectivity index is 1.41. The Kier molecular flexibility index (Phi) is 5.84. The summed E-state index contributed by atoms with van der Waals surface area (Å²) in [4.78, 5) is 15.5. The first-order valence-corrected chi connectivity index (χ1v) is 12.1. The van der Waals surface area contributed by atoms with E-state index < -0.39 is 0 Å². The Morgan fingerprint density at radius 3 is 2.60 bits per heavy atom. The molecule has 3 nitrogen and oxygen atoms in total. The lowest BCUT2D eigenvalue weighted by Crippen LogP contribution is -2.12. The Hall–Kier alpha value is -1.65. The number of hydrogen-bond acceptors (Lipinski definition) is 4. The van der Waals surface area contributed by atoms with Gasteiger partial charge < -0.3 is 10.1 Å². The maximum Gasteiger partial charge on any atom is 0.173 e. The molecule has 1 fully saturated rings. The van der Waals surface area contributed by atoms with Crippen LogP contribution >= 0.6 is 11.3 Å². The number of thiophene rings is 1. The molecule has 0 bridgehead atoms. The van der Waals surface area contributed by atoms with Gasteiger partial charge in [0.2, 0.25) is 0 Å². The van der Waals surface area contributed by atoms with Crippen LogP contribution < -0.4 is 10.1 Å². The van der Waals surface area contributed by atoms with Crippen LogP contribution in [-0.4, -0.2) is 26.0 Å². The van der Waals surface area contributed by atoms with E-state index in [1.165, 1.54) is 21.6 Å². The summed E-state index contributed by atoms with van der Waals surface area (Å²) >= 11 is 1.74. The highest BCUT2D eigenvalue weighted by Crippen LogP contribution is 2.71. The predicted octanol–water partition coefficient (Wildman–Crippen LogP) is 5.77. The summed E-state index contributed by atoms with van der Waals surface area (Å²) < 4.78 is 6.00. The summed E-state index contributed by atoms with van der Waals surface area (Å²) in [6.45, 7) is 12.9. The lowest BCUT2D eigenvalue weighted by molar-refractivity contribution is 0.0985. The van der Waals surface area contributed by atoms with E-state index in [1.807, 2.05) is 7.05 Å². The van der Waals surface area contributed by atoms with Crippen LogP contribution in [0.2, 0.25) is 0 Å². The minimum absolute atomic E-state index is 0.325. The third kappa shape index (κ3) is 3.73. The van der Waals surface area contributed by atoms with Crippen LogP contribution in [-0.2, 0) is 12.8 Å². The van der Waals surface area contributed by atoms with Crippen molar-refractivity contribution in [2.45, 2.75) is 66.2 Å². The molecule has 0 amide bonds. The highest BCUT2D eigenvalue weighted by molar-refractivity contribution is 7.14. The number of rotatable bonds is 9. The van der Waals surface area contributed by atoms with E-state index in [1.54, 1.807) is 11.3 Å². The Morgan fingerprint density at radius 1 is 1.23 bits per heavy atom. The molecule has 0 radical (unpaired) electrons. The molecule has 0 unspecified atom stereocenters. The van der Waals surface area contributed by atoms with Crippen molar-refractivity contribution < 1.29 is 9.53 Å². The minimum atomic E-state index is 0.325. The quantitative estimate of drug-likeness (QED) is 0.409. The van der Waals surface area contributed by atoms with Crippen LogP contribution in [0.1, 0.15) is 75.0 Å².